The van der Waals surface area contributed by atoms with Crippen molar-refractivity contribution in [1.29, 1.82) is 0 Å². The Morgan fingerprint density at radius 3 is 1.00 bits per heavy atom. The lowest BCUT2D eigenvalue weighted by Gasteiger charge is -2.27. The Morgan fingerprint density at radius 1 is 0.727 bits per heavy atom. The summed E-state index contributed by atoms with van der Waals surface area (Å²) in [5, 5.41) is 0. The lowest BCUT2D eigenvalue weighted by atomic mass is 10.4. The highest BCUT2D eigenvalue weighted by Crippen LogP contribution is 2.55. The van der Waals surface area contributed by atoms with Gasteiger partial charge in [-0.3, -0.25) is 0 Å². The van der Waals surface area contributed by atoms with Crippen LogP contribution in [0.4, 0.5) is 22.0 Å². The van der Waals surface area contributed by atoms with Gasteiger partial charge in [0.1, 0.15) is 0 Å². The standard InChI is InChI=1S/C3Br3F5/c4-1(5,2(6,7)8)3(9,10)11. The highest BCUT2D eigenvalue weighted by Gasteiger charge is 2.66. The minimum Gasteiger partial charge on any atom is -0.191 e. The van der Waals surface area contributed by atoms with E-state index in [0.29, 0.717) is 0 Å². The maximum atomic E-state index is 12.1. The van der Waals surface area contributed by atoms with Crippen molar-refractivity contribution < 1.29 is 22.0 Å². The predicted molar refractivity (Wildman–Crippen MR) is 40.5 cm³/mol. The third-order valence-electron chi connectivity index (χ3n) is 0.712. The average Bonchev–Trinajstić information content (AvgIpc) is 1.58. The van der Waals surface area contributed by atoms with E-state index in [-0.39, 0.29) is 0 Å². The molecule has 0 saturated heterocycles. The zero-order valence-electron chi connectivity index (χ0n) is 4.52. The first-order valence-corrected chi connectivity index (χ1v) is 4.39. The van der Waals surface area contributed by atoms with E-state index in [4.69, 9.17) is 0 Å². The zero-order valence-corrected chi connectivity index (χ0v) is 9.28. The van der Waals surface area contributed by atoms with Crippen molar-refractivity contribution in [3.05, 3.63) is 0 Å². The molecule has 0 nitrogen and oxygen atoms in total. The zero-order chi connectivity index (χ0) is 9.50. The minimum atomic E-state index is -5.08. The fourth-order valence-corrected chi connectivity index (χ4v) is 0.386. The Kier molecular flexibility index (Phi) is 3.41. The van der Waals surface area contributed by atoms with Crippen molar-refractivity contribution in [3.63, 3.8) is 0 Å². The van der Waals surface area contributed by atoms with Gasteiger partial charge in [0.15, 0.2) is 0 Å². The largest absolute Gasteiger partial charge is 0.420 e. The van der Waals surface area contributed by atoms with E-state index in [1.54, 1.807) is 15.9 Å². The molecule has 0 aromatic heterocycles. The first-order valence-electron chi connectivity index (χ1n) is 2.01. The third-order valence-corrected chi connectivity index (χ3v) is 4.27. The summed E-state index contributed by atoms with van der Waals surface area (Å²) in [7, 11) is 0. The van der Waals surface area contributed by atoms with Crippen LogP contribution in [0.5, 0.6) is 0 Å². The second kappa shape index (κ2) is 3.10. The van der Waals surface area contributed by atoms with E-state index in [0.717, 1.165) is 0 Å². The molecule has 0 unspecified atom stereocenters. The molecule has 0 amide bonds. The van der Waals surface area contributed by atoms with Gasteiger partial charge in [0.25, 0.3) is 0 Å². The summed E-state index contributed by atoms with van der Waals surface area (Å²) in [5.41, 5.74) is 0. The summed E-state index contributed by atoms with van der Waals surface area (Å²) in [4.78, 5) is -4.10. The molecule has 0 heterocycles. The van der Waals surface area contributed by atoms with E-state index < -0.39 is 14.2 Å². The summed E-state index contributed by atoms with van der Waals surface area (Å²) in [6.45, 7) is 0. The van der Waals surface area contributed by atoms with E-state index >= 15 is 0 Å². The third kappa shape index (κ3) is 2.51. The molecular formula is C3Br3F5. The summed E-state index contributed by atoms with van der Waals surface area (Å²) in [5.74, 6) is 0. The van der Waals surface area contributed by atoms with Gasteiger partial charge in [-0.25, -0.2) is 0 Å². The topological polar surface area (TPSA) is 0 Å². The van der Waals surface area contributed by atoms with Crippen molar-refractivity contribution in [3.8, 4) is 0 Å². The minimum absolute atomic E-state index is 1.59. The predicted octanol–water partition coefficient (Wildman–Crippen LogP) is 4.02. The lowest BCUT2D eigenvalue weighted by molar-refractivity contribution is -0.163. The highest BCUT2D eigenvalue weighted by molar-refractivity contribution is 9.26. The molecule has 0 aliphatic rings. The number of hydrogen-bond acceptors (Lipinski definition) is 0. The van der Waals surface area contributed by atoms with E-state index in [9.17, 15) is 22.0 Å². The SMILES string of the molecule is FC(F)(F)C(Br)(Br)C(F)(F)Br. The first kappa shape index (κ1) is 12.1. The molecule has 0 rings (SSSR count). The van der Waals surface area contributed by atoms with Crippen LogP contribution in [0.3, 0.4) is 0 Å². The van der Waals surface area contributed by atoms with Crippen LogP contribution in [-0.2, 0) is 0 Å². The van der Waals surface area contributed by atoms with Gasteiger partial charge in [-0.05, 0) is 15.9 Å². The Balaban J connectivity index is 4.75. The quantitative estimate of drug-likeness (QED) is 0.483. The van der Waals surface area contributed by atoms with Gasteiger partial charge in [-0.15, -0.1) is 0 Å². The molecule has 0 N–H and O–H groups in total. The first-order chi connectivity index (χ1) is 4.50. The molecule has 8 heteroatoms. The summed E-state index contributed by atoms with van der Waals surface area (Å²) in [6.07, 6.45) is -5.08. The van der Waals surface area contributed by atoms with Crippen LogP contribution < -0.4 is 0 Å². The number of alkyl halides is 8. The smallest absolute Gasteiger partial charge is 0.191 e. The van der Waals surface area contributed by atoms with E-state index in [1.807, 2.05) is 31.9 Å². The molecule has 68 valence electrons. The van der Waals surface area contributed by atoms with Crippen LogP contribution in [0.25, 0.3) is 0 Å². The summed E-state index contributed by atoms with van der Waals surface area (Å²) in [6, 6.07) is 0. The van der Waals surface area contributed by atoms with Crippen LogP contribution in [0.15, 0.2) is 0 Å². The van der Waals surface area contributed by atoms with Crippen molar-refractivity contribution in [2.45, 2.75) is 14.2 Å². The van der Waals surface area contributed by atoms with Crippen LogP contribution in [0.2, 0.25) is 0 Å². The molecule has 0 atom stereocenters. The van der Waals surface area contributed by atoms with Gasteiger partial charge in [-0.2, -0.15) is 22.0 Å². The second-order valence-electron chi connectivity index (χ2n) is 1.57. The average molecular weight is 371 g/mol. The normalized spacial score (nSPS) is 15.3. The van der Waals surface area contributed by atoms with Gasteiger partial charge in [0.05, 0.1) is 0 Å². The summed E-state index contributed by atoms with van der Waals surface area (Å²) < 4.78 is 56.0. The molecule has 11 heavy (non-hydrogen) atoms. The Labute approximate surface area is 83.9 Å². The van der Waals surface area contributed by atoms with Crippen molar-refractivity contribution in [2.75, 3.05) is 0 Å². The molecular weight excluding hydrogens is 371 g/mol. The van der Waals surface area contributed by atoms with Gasteiger partial charge < -0.3 is 0 Å². The number of rotatable bonds is 1. The molecule has 0 aliphatic carbocycles. The summed E-state index contributed by atoms with van der Waals surface area (Å²) >= 11 is 5.22. The monoisotopic (exact) mass is 368 g/mol. The van der Waals surface area contributed by atoms with Gasteiger partial charge in [0.2, 0.25) is 3.23 Å². The van der Waals surface area contributed by atoms with E-state index in [1.165, 1.54) is 0 Å². The van der Waals surface area contributed by atoms with Gasteiger partial charge >= 0.3 is 11.0 Å². The number of halogens is 8. The maximum absolute atomic E-state index is 12.1. The van der Waals surface area contributed by atoms with Gasteiger partial charge in [0, 0.05) is 0 Å². The molecule has 0 bridgehead atoms. The molecule has 0 radical (unpaired) electrons. The highest BCUT2D eigenvalue weighted by atomic mass is 79.9. The van der Waals surface area contributed by atoms with Crippen LogP contribution in [0.1, 0.15) is 0 Å². The van der Waals surface area contributed by atoms with Crippen LogP contribution in [0, 0.1) is 0 Å². The fraction of sp³-hybridized carbons (Fsp3) is 1.00. The Bertz CT molecular complexity index is 128. The molecule has 0 fully saturated rings. The van der Waals surface area contributed by atoms with Crippen LogP contribution >= 0.6 is 47.8 Å². The molecule has 0 saturated carbocycles. The molecule has 0 aromatic carbocycles. The Hall–Kier alpha value is 1.09. The Morgan fingerprint density at radius 2 is 1.00 bits per heavy atom. The molecule has 0 aliphatic heterocycles. The maximum Gasteiger partial charge on any atom is 0.420 e. The molecule has 0 spiro atoms. The van der Waals surface area contributed by atoms with Crippen molar-refractivity contribution in [2.24, 2.45) is 0 Å². The van der Waals surface area contributed by atoms with Crippen LogP contribution in [-0.4, -0.2) is 14.2 Å². The van der Waals surface area contributed by atoms with Crippen molar-refractivity contribution >= 4 is 47.8 Å². The second-order valence-corrected chi connectivity index (χ2v) is 6.01. The van der Waals surface area contributed by atoms with E-state index in [2.05, 4.69) is 0 Å². The number of hydrogen-bond donors (Lipinski definition) is 0. The van der Waals surface area contributed by atoms with Gasteiger partial charge in [-0.1, -0.05) is 31.9 Å². The van der Waals surface area contributed by atoms with Crippen molar-refractivity contribution in [1.82, 2.24) is 0 Å². The fourth-order valence-electron chi connectivity index (χ4n) is 0.161. The lowest BCUT2D eigenvalue weighted by Crippen LogP contribution is -2.45. The molecule has 0 aromatic rings.